The van der Waals surface area contributed by atoms with Crippen LogP contribution in [0.3, 0.4) is 0 Å². The zero-order valence-electron chi connectivity index (χ0n) is 12.7. The van der Waals surface area contributed by atoms with Gasteiger partial charge in [0.15, 0.2) is 0 Å². The van der Waals surface area contributed by atoms with Crippen LogP contribution in [0, 0.1) is 43.9 Å². The molecule has 1 saturated heterocycles. The number of benzene rings is 1. The number of hydrogen-bond acceptors (Lipinski definition) is 6. The van der Waals surface area contributed by atoms with Crippen molar-refractivity contribution < 1.29 is 19.4 Å². The second-order valence-corrected chi connectivity index (χ2v) is 6.34. The van der Waals surface area contributed by atoms with Crippen LogP contribution in [0.4, 0.5) is 17.1 Å². The minimum Gasteiger partial charge on any atom is -0.273 e. The van der Waals surface area contributed by atoms with Gasteiger partial charge in [0.25, 0.3) is 5.69 Å². The van der Waals surface area contributed by atoms with Gasteiger partial charge in [-0.2, -0.15) is 0 Å². The molecule has 1 saturated carbocycles. The zero-order valence-corrected chi connectivity index (χ0v) is 12.7. The first-order valence-corrected chi connectivity index (χ1v) is 7.64. The molecule has 2 aliphatic carbocycles. The lowest BCUT2D eigenvalue weighted by Crippen LogP contribution is -2.60. The molecule has 4 atom stereocenters. The van der Waals surface area contributed by atoms with E-state index >= 15 is 0 Å². The number of fused-ring (bicyclic) bond motifs is 5. The zero-order chi connectivity index (χ0) is 17.9. The summed E-state index contributed by atoms with van der Waals surface area (Å²) >= 11 is 0. The van der Waals surface area contributed by atoms with E-state index in [4.69, 9.17) is 0 Å². The van der Waals surface area contributed by atoms with Crippen molar-refractivity contribution in [1.82, 2.24) is 5.43 Å². The normalized spacial score (nSPS) is 29.5. The van der Waals surface area contributed by atoms with Gasteiger partial charge in [0.05, 0.1) is 27.7 Å². The summed E-state index contributed by atoms with van der Waals surface area (Å²) in [5.74, 6) is -1.87. The van der Waals surface area contributed by atoms with Gasteiger partial charge in [0.2, 0.25) is 11.8 Å². The lowest BCUT2D eigenvalue weighted by molar-refractivity contribution is -0.393. The van der Waals surface area contributed by atoms with Crippen LogP contribution in [-0.4, -0.2) is 21.7 Å². The van der Waals surface area contributed by atoms with Crippen molar-refractivity contribution in [2.75, 3.05) is 5.01 Å². The van der Waals surface area contributed by atoms with Crippen molar-refractivity contribution in [3.63, 3.8) is 0 Å². The number of non-ortho nitro benzene ring substituents is 1. The fourth-order valence-electron chi connectivity index (χ4n) is 4.04. The minimum atomic E-state index is -0.811. The number of rotatable bonds is 3. The van der Waals surface area contributed by atoms with Gasteiger partial charge in [0.1, 0.15) is 5.69 Å². The number of allylic oxidation sites excluding steroid dienone is 2. The molecule has 1 aromatic carbocycles. The maximum Gasteiger partial charge on any atom is 0.301 e. The summed E-state index contributed by atoms with van der Waals surface area (Å²) < 4.78 is 0. The monoisotopic (exact) mass is 344 g/mol. The highest BCUT2D eigenvalue weighted by atomic mass is 16.6. The fourth-order valence-corrected chi connectivity index (χ4v) is 4.04. The number of hydrazine groups is 1. The van der Waals surface area contributed by atoms with E-state index in [1.54, 1.807) is 0 Å². The van der Waals surface area contributed by atoms with E-state index in [1.807, 2.05) is 12.2 Å². The highest BCUT2D eigenvalue weighted by Crippen LogP contribution is 2.50. The molecular weight excluding hydrogens is 332 g/mol. The third kappa shape index (κ3) is 2.10. The Morgan fingerprint density at radius 1 is 1.04 bits per heavy atom. The molecule has 1 N–H and O–H groups in total. The van der Waals surface area contributed by atoms with Gasteiger partial charge < -0.3 is 0 Å². The molecule has 25 heavy (non-hydrogen) atoms. The van der Waals surface area contributed by atoms with E-state index in [9.17, 15) is 29.8 Å². The van der Waals surface area contributed by atoms with Crippen molar-refractivity contribution in [3.8, 4) is 0 Å². The van der Waals surface area contributed by atoms with Crippen LogP contribution < -0.4 is 10.4 Å². The van der Waals surface area contributed by atoms with Gasteiger partial charge in [-0.05, 0) is 24.3 Å². The van der Waals surface area contributed by atoms with Crippen molar-refractivity contribution in [2.24, 2.45) is 23.7 Å². The van der Waals surface area contributed by atoms with Crippen molar-refractivity contribution in [1.29, 1.82) is 0 Å². The highest BCUT2D eigenvalue weighted by molar-refractivity contribution is 6.06. The molecule has 2 fully saturated rings. The van der Waals surface area contributed by atoms with E-state index < -0.39 is 39.0 Å². The number of anilines is 1. The van der Waals surface area contributed by atoms with Gasteiger partial charge in [-0.3, -0.25) is 35.2 Å². The Hall–Kier alpha value is -3.30. The molecule has 0 spiro atoms. The Kier molecular flexibility index (Phi) is 3.11. The first kappa shape index (κ1) is 15.2. The van der Waals surface area contributed by atoms with Gasteiger partial charge in [0, 0.05) is 6.07 Å². The smallest absolute Gasteiger partial charge is 0.273 e. The summed E-state index contributed by atoms with van der Waals surface area (Å²) in [5.41, 5.74) is 1.16. The van der Waals surface area contributed by atoms with Crippen LogP contribution >= 0.6 is 0 Å². The van der Waals surface area contributed by atoms with Crippen LogP contribution in [0.5, 0.6) is 0 Å². The first-order chi connectivity index (χ1) is 11.9. The van der Waals surface area contributed by atoms with Crippen LogP contribution in [-0.2, 0) is 9.59 Å². The summed E-state index contributed by atoms with van der Waals surface area (Å²) in [7, 11) is 0. The second kappa shape index (κ2) is 5.10. The second-order valence-electron chi connectivity index (χ2n) is 6.34. The third-order valence-electron chi connectivity index (χ3n) is 5.10. The average molecular weight is 344 g/mol. The Labute approximate surface area is 140 Å². The molecule has 10 nitrogen and oxygen atoms in total. The molecule has 0 aromatic heterocycles. The van der Waals surface area contributed by atoms with Gasteiger partial charge >= 0.3 is 5.69 Å². The molecule has 4 unspecified atom stereocenters. The Morgan fingerprint density at radius 3 is 2.36 bits per heavy atom. The topological polar surface area (TPSA) is 136 Å². The third-order valence-corrected chi connectivity index (χ3v) is 5.10. The number of nitro benzene ring substituents is 2. The number of hydrogen-bond donors (Lipinski definition) is 1. The standard InChI is InChI=1S/C15H12N4O6/c20-14-12-7-1-2-8(5-7)13(12)15(21)17(16-14)10-4-3-9(18(22)23)6-11(10)19(24)25/h1-4,6-8,12-13H,5H2,(H,16,20). The number of nitrogens with zero attached hydrogens (tertiary/aromatic N) is 3. The van der Waals surface area contributed by atoms with Gasteiger partial charge in [-0.1, -0.05) is 12.2 Å². The Morgan fingerprint density at radius 2 is 1.72 bits per heavy atom. The molecular formula is C15H12N4O6. The Balaban J connectivity index is 1.76. The van der Waals surface area contributed by atoms with Crippen LogP contribution in [0.25, 0.3) is 0 Å². The number of carbonyl (C=O) groups excluding carboxylic acids is 2. The predicted octanol–water partition coefficient (Wildman–Crippen LogP) is 1.32. The van der Waals surface area contributed by atoms with Crippen molar-refractivity contribution in [3.05, 3.63) is 50.6 Å². The van der Waals surface area contributed by atoms with Gasteiger partial charge in [-0.15, -0.1) is 0 Å². The van der Waals surface area contributed by atoms with E-state index in [0.717, 1.165) is 23.2 Å². The molecule has 3 aliphatic rings. The molecule has 0 radical (unpaired) electrons. The molecule has 1 aliphatic heterocycles. The lowest BCUT2D eigenvalue weighted by atomic mass is 9.80. The number of carbonyl (C=O) groups is 2. The number of nitro groups is 2. The SMILES string of the molecule is O=C1NN(c2ccc([N+](=O)[O-])cc2[N+](=O)[O-])C(=O)C2C3C=CC(C3)C12. The molecule has 10 heteroatoms. The van der Waals surface area contributed by atoms with E-state index in [2.05, 4.69) is 5.43 Å². The van der Waals surface area contributed by atoms with Crippen molar-refractivity contribution >= 4 is 28.9 Å². The summed E-state index contributed by atoms with van der Waals surface area (Å²) in [6.07, 6.45) is 4.55. The molecule has 1 heterocycles. The van der Waals surface area contributed by atoms with E-state index in [1.165, 1.54) is 0 Å². The number of amides is 2. The van der Waals surface area contributed by atoms with E-state index in [0.29, 0.717) is 6.42 Å². The molecule has 128 valence electrons. The predicted molar refractivity (Wildman–Crippen MR) is 83.1 cm³/mol. The minimum absolute atomic E-state index is 0.00736. The summed E-state index contributed by atoms with van der Waals surface area (Å²) in [4.78, 5) is 45.9. The lowest BCUT2D eigenvalue weighted by Gasteiger charge is -2.37. The quantitative estimate of drug-likeness (QED) is 0.499. The fraction of sp³-hybridized carbons (Fsp3) is 0.333. The van der Waals surface area contributed by atoms with Gasteiger partial charge in [-0.25, -0.2) is 5.01 Å². The van der Waals surface area contributed by atoms with Crippen LogP contribution in [0.1, 0.15) is 6.42 Å². The van der Waals surface area contributed by atoms with Crippen LogP contribution in [0.15, 0.2) is 30.4 Å². The Bertz CT molecular complexity index is 866. The van der Waals surface area contributed by atoms with Crippen molar-refractivity contribution in [2.45, 2.75) is 6.42 Å². The molecule has 1 aromatic rings. The maximum absolute atomic E-state index is 12.9. The number of nitrogens with one attached hydrogen (secondary N) is 1. The van der Waals surface area contributed by atoms with Crippen LogP contribution in [0.2, 0.25) is 0 Å². The van der Waals surface area contributed by atoms with E-state index in [-0.39, 0.29) is 23.4 Å². The average Bonchev–Trinajstić information content (AvgIpc) is 3.19. The molecule has 2 bridgehead atoms. The largest absolute Gasteiger partial charge is 0.301 e. The molecule has 2 amide bonds. The summed E-state index contributed by atoms with van der Waals surface area (Å²) in [6, 6.07) is 2.95. The molecule has 4 rings (SSSR count). The summed E-state index contributed by atoms with van der Waals surface area (Å²) in [5, 5.41) is 23.0. The highest BCUT2D eigenvalue weighted by Gasteiger charge is 2.56. The maximum atomic E-state index is 12.9. The first-order valence-electron chi connectivity index (χ1n) is 7.64. The summed E-state index contributed by atoms with van der Waals surface area (Å²) in [6.45, 7) is 0.